The van der Waals surface area contributed by atoms with Crippen LogP contribution in [0.15, 0.2) is 24.3 Å². The van der Waals surface area contributed by atoms with Gasteiger partial charge in [-0.3, -0.25) is 0 Å². The van der Waals surface area contributed by atoms with Crippen LogP contribution in [0.1, 0.15) is 39.2 Å². The molecule has 1 rings (SSSR count). The van der Waals surface area contributed by atoms with Gasteiger partial charge in [0, 0.05) is 12.2 Å². The van der Waals surface area contributed by atoms with Gasteiger partial charge >= 0.3 is 0 Å². The molecule has 0 atom stereocenters. The molecule has 1 aromatic carbocycles. The molecule has 0 aliphatic rings. The maximum atomic E-state index is 3.52. The van der Waals surface area contributed by atoms with Crippen molar-refractivity contribution in [3.63, 3.8) is 0 Å². The smallest absolute Gasteiger partial charge is 0.0372 e. The molecule has 1 heteroatoms. The number of benzene rings is 1. The predicted molar refractivity (Wildman–Crippen MR) is 68.4 cm³/mol. The Labute approximate surface area is 93.9 Å². The summed E-state index contributed by atoms with van der Waals surface area (Å²) in [6, 6.07) is 8.58. The summed E-state index contributed by atoms with van der Waals surface area (Å²) in [5.74, 6) is 0.813. The van der Waals surface area contributed by atoms with Crippen LogP contribution in [0.3, 0.4) is 0 Å². The fourth-order valence-electron chi connectivity index (χ4n) is 1.73. The molecule has 0 unspecified atom stereocenters. The number of para-hydroxylation sites is 1. The standard InChI is InChI=1S/C14H23N/c1-4-13-9-5-6-10-14(13)15-11-7-8-12(2)3/h5-6,9-10,12,15H,4,7-8,11H2,1-3H3. The molecule has 1 nitrogen and oxygen atoms in total. The molecule has 0 aliphatic carbocycles. The van der Waals surface area contributed by atoms with Gasteiger partial charge in [-0.15, -0.1) is 0 Å². The van der Waals surface area contributed by atoms with Crippen LogP contribution in [0, 0.1) is 5.92 Å². The molecule has 0 aromatic heterocycles. The first-order valence-corrected chi connectivity index (χ1v) is 6.05. The lowest BCUT2D eigenvalue weighted by Crippen LogP contribution is -2.04. The van der Waals surface area contributed by atoms with Crippen LogP contribution < -0.4 is 5.32 Å². The molecule has 0 saturated heterocycles. The third kappa shape index (κ3) is 4.37. The number of nitrogens with one attached hydrogen (secondary N) is 1. The first-order chi connectivity index (χ1) is 7.24. The van der Waals surface area contributed by atoms with E-state index in [4.69, 9.17) is 0 Å². The molecule has 0 aliphatic heterocycles. The van der Waals surface area contributed by atoms with Crippen molar-refractivity contribution >= 4 is 5.69 Å². The third-order valence-corrected chi connectivity index (χ3v) is 2.67. The van der Waals surface area contributed by atoms with Crippen molar-refractivity contribution < 1.29 is 0 Å². The normalized spacial score (nSPS) is 10.7. The minimum absolute atomic E-state index is 0.813. The van der Waals surface area contributed by atoms with Crippen LogP contribution in [0.2, 0.25) is 0 Å². The van der Waals surface area contributed by atoms with Gasteiger partial charge in [-0.25, -0.2) is 0 Å². The van der Waals surface area contributed by atoms with E-state index in [0.717, 1.165) is 18.9 Å². The van der Waals surface area contributed by atoms with E-state index >= 15 is 0 Å². The zero-order chi connectivity index (χ0) is 11.1. The largest absolute Gasteiger partial charge is 0.385 e. The second kappa shape index (κ2) is 6.49. The van der Waals surface area contributed by atoms with E-state index in [1.807, 2.05) is 0 Å². The third-order valence-electron chi connectivity index (χ3n) is 2.67. The molecule has 0 radical (unpaired) electrons. The number of rotatable bonds is 6. The van der Waals surface area contributed by atoms with Crippen molar-refractivity contribution in [1.82, 2.24) is 0 Å². The van der Waals surface area contributed by atoms with Crippen molar-refractivity contribution in [2.24, 2.45) is 5.92 Å². The van der Waals surface area contributed by atoms with Crippen LogP contribution in [-0.2, 0) is 6.42 Å². The monoisotopic (exact) mass is 205 g/mol. The van der Waals surface area contributed by atoms with Gasteiger partial charge in [0.1, 0.15) is 0 Å². The first kappa shape index (κ1) is 12.1. The predicted octanol–water partition coefficient (Wildman–Crippen LogP) is 4.10. The van der Waals surface area contributed by atoms with Crippen molar-refractivity contribution in [3.05, 3.63) is 29.8 Å². The number of hydrogen-bond donors (Lipinski definition) is 1. The summed E-state index contributed by atoms with van der Waals surface area (Å²) in [5.41, 5.74) is 2.73. The molecule has 0 amide bonds. The molecule has 0 bridgehead atoms. The molecule has 15 heavy (non-hydrogen) atoms. The lowest BCUT2D eigenvalue weighted by molar-refractivity contribution is 0.567. The Hall–Kier alpha value is -0.980. The Balaban J connectivity index is 2.36. The van der Waals surface area contributed by atoms with Crippen LogP contribution in [0.4, 0.5) is 5.69 Å². The highest BCUT2D eigenvalue weighted by Crippen LogP contribution is 2.15. The number of anilines is 1. The summed E-state index contributed by atoms with van der Waals surface area (Å²) in [7, 11) is 0. The summed E-state index contributed by atoms with van der Waals surface area (Å²) in [5, 5.41) is 3.52. The maximum Gasteiger partial charge on any atom is 0.0372 e. The maximum absolute atomic E-state index is 3.52. The molecule has 0 fully saturated rings. The van der Waals surface area contributed by atoms with Crippen LogP contribution in [0.25, 0.3) is 0 Å². The summed E-state index contributed by atoms with van der Waals surface area (Å²) < 4.78 is 0. The Morgan fingerprint density at radius 2 is 1.93 bits per heavy atom. The molecule has 1 aromatic rings. The molecular weight excluding hydrogens is 182 g/mol. The van der Waals surface area contributed by atoms with Gasteiger partial charge in [-0.1, -0.05) is 39.0 Å². The zero-order valence-corrected chi connectivity index (χ0v) is 10.2. The van der Waals surface area contributed by atoms with E-state index in [-0.39, 0.29) is 0 Å². The van der Waals surface area contributed by atoms with E-state index in [9.17, 15) is 0 Å². The lowest BCUT2D eigenvalue weighted by Gasteiger charge is -2.11. The second-order valence-corrected chi connectivity index (χ2v) is 4.47. The second-order valence-electron chi connectivity index (χ2n) is 4.47. The molecule has 0 heterocycles. The van der Waals surface area contributed by atoms with Gasteiger partial charge in [-0.2, -0.15) is 0 Å². The van der Waals surface area contributed by atoms with Gasteiger partial charge in [-0.05, 0) is 36.8 Å². The van der Waals surface area contributed by atoms with Gasteiger partial charge in [0.2, 0.25) is 0 Å². The van der Waals surface area contributed by atoms with Gasteiger partial charge < -0.3 is 5.32 Å². The van der Waals surface area contributed by atoms with E-state index in [0.29, 0.717) is 0 Å². The fourth-order valence-corrected chi connectivity index (χ4v) is 1.73. The molecule has 1 N–H and O–H groups in total. The minimum atomic E-state index is 0.813. The SMILES string of the molecule is CCc1ccccc1NCCCC(C)C. The van der Waals surface area contributed by atoms with Crippen molar-refractivity contribution in [2.75, 3.05) is 11.9 Å². The Bertz CT molecular complexity index is 278. The topological polar surface area (TPSA) is 12.0 Å². The van der Waals surface area contributed by atoms with Gasteiger partial charge in [0.25, 0.3) is 0 Å². The Morgan fingerprint density at radius 1 is 1.20 bits per heavy atom. The highest BCUT2D eigenvalue weighted by molar-refractivity contribution is 5.50. The number of aryl methyl sites for hydroxylation is 1. The summed E-state index contributed by atoms with van der Waals surface area (Å²) >= 11 is 0. The summed E-state index contributed by atoms with van der Waals surface area (Å²) in [6.07, 6.45) is 3.67. The molecule has 84 valence electrons. The van der Waals surface area contributed by atoms with E-state index in [1.54, 1.807) is 0 Å². The van der Waals surface area contributed by atoms with Crippen molar-refractivity contribution in [1.29, 1.82) is 0 Å². The average Bonchev–Trinajstić information content (AvgIpc) is 2.24. The van der Waals surface area contributed by atoms with Gasteiger partial charge in [0.05, 0.1) is 0 Å². The quantitative estimate of drug-likeness (QED) is 0.689. The lowest BCUT2D eigenvalue weighted by atomic mass is 10.1. The van der Waals surface area contributed by atoms with Crippen molar-refractivity contribution in [3.8, 4) is 0 Å². The highest BCUT2D eigenvalue weighted by atomic mass is 14.9. The Kier molecular flexibility index (Phi) is 5.23. The summed E-state index contributed by atoms with van der Waals surface area (Å²) in [4.78, 5) is 0. The van der Waals surface area contributed by atoms with Crippen molar-refractivity contribution in [2.45, 2.75) is 40.0 Å². The molecular formula is C14H23N. The molecule has 0 saturated carbocycles. The average molecular weight is 205 g/mol. The van der Waals surface area contributed by atoms with E-state index < -0.39 is 0 Å². The minimum Gasteiger partial charge on any atom is -0.385 e. The first-order valence-electron chi connectivity index (χ1n) is 6.05. The Morgan fingerprint density at radius 3 is 2.60 bits per heavy atom. The van der Waals surface area contributed by atoms with Crippen LogP contribution in [-0.4, -0.2) is 6.54 Å². The molecule has 0 spiro atoms. The van der Waals surface area contributed by atoms with Gasteiger partial charge in [0.15, 0.2) is 0 Å². The van der Waals surface area contributed by atoms with E-state index in [1.165, 1.54) is 24.1 Å². The number of hydrogen-bond acceptors (Lipinski definition) is 1. The zero-order valence-electron chi connectivity index (χ0n) is 10.2. The van der Waals surface area contributed by atoms with Crippen LogP contribution >= 0.6 is 0 Å². The fraction of sp³-hybridized carbons (Fsp3) is 0.571. The van der Waals surface area contributed by atoms with E-state index in [2.05, 4.69) is 50.4 Å². The van der Waals surface area contributed by atoms with Crippen LogP contribution in [0.5, 0.6) is 0 Å². The summed E-state index contributed by atoms with van der Waals surface area (Å²) in [6.45, 7) is 7.85. The highest BCUT2D eigenvalue weighted by Gasteiger charge is 1.98.